The fourth-order valence-electron chi connectivity index (χ4n) is 5.24. The van der Waals surface area contributed by atoms with Crippen molar-refractivity contribution in [2.75, 3.05) is 20.3 Å². The standard InChI is InChI=1S/C29H37N5O4/c1-4-18-7-12-23(38-14-19-5-6-19)22(13-18)26-28-27(31-16-30-26)25(17(2)32-28)29(36)34-21-10-8-20(9-11-21)33-24(35)15-37-3/h7,12-13,16,19-21,32H,4-6,8-11,14-15H2,1-3H3,(H,33,35)(H,34,36). The lowest BCUT2D eigenvalue weighted by Crippen LogP contribution is -2.44. The summed E-state index contributed by atoms with van der Waals surface area (Å²) in [6, 6.07) is 6.42. The third kappa shape index (κ3) is 5.83. The molecule has 38 heavy (non-hydrogen) atoms. The van der Waals surface area contributed by atoms with E-state index in [9.17, 15) is 9.59 Å². The van der Waals surface area contributed by atoms with E-state index in [1.807, 2.05) is 13.0 Å². The Labute approximate surface area is 223 Å². The van der Waals surface area contributed by atoms with Crippen molar-refractivity contribution in [2.45, 2.75) is 70.9 Å². The number of ether oxygens (including phenoxy) is 2. The predicted octanol–water partition coefficient (Wildman–Crippen LogP) is 4.09. The van der Waals surface area contributed by atoms with Gasteiger partial charge in [0.15, 0.2) is 0 Å². The van der Waals surface area contributed by atoms with Gasteiger partial charge in [0.05, 0.1) is 17.7 Å². The van der Waals surface area contributed by atoms with Crippen molar-refractivity contribution in [1.82, 2.24) is 25.6 Å². The minimum atomic E-state index is -0.141. The fourth-order valence-corrected chi connectivity index (χ4v) is 5.24. The van der Waals surface area contributed by atoms with Crippen LogP contribution in [0.2, 0.25) is 0 Å². The third-order valence-corrected chi connectivity index (χ3v) is 7.58. The lowest BCUT2D eigenvalue weighted by Gasteiger charge is -2.29. The molecule has 202 valence electrons. The maximum atomic E-state index is 13.5. The molecule has 0 atom stereocenters. The van der Waals surface area contributed by atoms with E-state index in [0.29, 0.717) is 23.6 Å². The van der Waals surface area contributed by atoms with Crippen LogP contribution in [0.3, 0.4) is 0 Å². The van der Waals surface area contributed by atoms with Gasteiger partial charge in [-0.1, -0.05) is 13.0 Å². The second-order valence-corrected chi connectivity index (χ2v) is 10.5. The van der Waals surface area contributed by atoms with Crippen LogP contribution in [0.25, 0.3) is 22.3 Å². The number of aryl methyl sites for hydroxylation is 2. The van der Waals surface area contributed by atoms with Crippen LogP contribution < -0.4 is 15.4 Å². The average molecular weight is 520 g/mol. The molecule has 2 saturated carbocycles. The van der Waals surface area contributed by atoms with E-state index in [2.05, 4.69) is 44.6 Å². The van der Waals surface area contributed by atoms with Crippen molar-refractivity contribution in [3.05, 3.63) is 41.3 Å². The first-order valence-corrected chi connectivity index (χ1v) is 13.6. The number of nitrogens with one attached hydrogen (secondary N) is 3. The smallest absolute Gasteiger partial charge is 0.255 e. The summed E-state index contributed by atoms with van der Waals surface area (Å²) >= 11 is 0. The quantitative estimate of drug-likeness (QED) is 0.371. The first kappa shape index (κ1) is 26.2. The lowest BCUT2D eigenvalue weighted by molar-refractivity contribution is -0.125. The molecule has 0 aliphatic heterocycles. The van der Waals surface area contributed by atoms with Crippen molar-refractivity contribution in [3.63, 3.8) is 0 Å². The number of carbonyl (C=O) groups is 2. The molecule has 5 rings (SSSR count). The van der Waals surface area contributed by atoms with Gasteiger partial charge in [-0.15, -0.1) is 0 Å². The van der Waals surface area contributed by atoms with Gasteiger partial charge in [-0.2, -0.15) is 0 Å². The van der Waals surface area contributed by atoms with E-state index in [1.54, 1.807) is 0 Å². The maximum absolute atomic E-state index is 13.5. The number of amides is 2. The number of fused-ring (bicyclic) bond motifs is 1. The van der Waals surface area contributed by atoms with E-state index in [4.69, 9.17) is 9.47 Å². The molecular weight excluding hydrogens is 482 g/mol. The zero-order valence-electron chi connectivity index (χ0n) is 22.4. The summed E-state index contributed by atoms with van der Waals surface area (Å²) < 4.78 is 11.1. The second kappa shape index (κ2) is 11.5. The highest BCUT2D eigenvalue weighted by atomic mass is 16.5. The van der Waals surface area contributed by atoms with Crippen LogP contribution >= 0.6 is 0 Å². The van der Waals surface area contributed by atoms with Crippen LogP contribution in [-0.2, 0) is 16.0 Å². The Hall–Kier alpha value is -3.46. The Kier molecular flexibility index (Phi) is 7.93. The monoisotopic (exact) mass is 519 g/mol. The van der Waals surface area contributed by atoms with Crippen LogP contribution in [0.4, 0.5) is 0 Å². The van der Waals surface area contributed by atoms with Crippen LogP contribution in [-0.4, -0.2) is 59.2 Å². The van der Waals surface area contributed by atoms with Gasteiger partial charge in [-0.25, -0.2) is 9.97 Å². The molecule has 2 aliphatic rings. The average Bonchev–Trinajstić information content (AvgIpc) is 3.68. The number of aromatic nitrogens is 3. The molecule has 2 amide bonds. The SMILES string of the molecule is CCc1ccc(OCC2CC2)c(-c2ncnc3c(C(=O)NC4CCC(NC(=O)COC)CC4)c(C)[nH]c23)c1. The summed E-state index contributed by atoms with van der Waals surface area (Å²) in [6.07, 6.45) is 8.11. The highest BCUT2D eigenvalue weighted by Gasteiger charge is 2.27. The largest absolute Gasteiger partial charge is 0.493 e. The number of H-pyrrole nitrogens is 1. The number of rotatable bonds is 10. The minimum Gasteiger partial charge on any atom is -0.493 e. The third-order valence-electron chi connectivity index (χ3n) is 7.58. The zero-order valence-corrected chi connectivity index (χ0v) is 22.4. The zero-order chi connectivity index (χ0) is 26.6. The molecule has 1 aromatic carbocycles. The molecule has 0 saturated heterocycles. The van der Waals surface area contributed by atoms with Crippen LogP contribution in [0, 0.1) is 12.8 Å². The second-order valence-electron chi connectivity index (χ2n) is 10.5. The number of benzene rings is 1. The molecule has 2 heterocycles. The predicted molar refractivity (Wildman–Crippen MR) is 145 cm³/mol. The number of aromatic amines is 1. The number of carbonyl (C=O) groups excluding carboxylic acids is 2. The number of nitrogens with zero attached hydrogens (tertiary/aromatic N) is 2. The summed E-state index contributed by atoms with van der Waals surface area (Å²) in [5.74, 6) is 1.20. The molecule has 0 spiro atoms. The molecular formula is C29H37N5O4. The van der Waals surface area contributed by atoms with Gasteiger partial charge in [0.25, 0.3) is 5.91 Å². The van der Waals surface area contributed by atoms with Gasteiger partial charge >= 0.3 is 0 Å². The van der Waals surface area contributed by atoms with Crippen LogP contribution in [0.1, 0.15) is 67.1 Å². The van der Waals surface area contributed by atoms with Gasteiger partial charge in [0.1, 0.15) is 29.9 Å². The van der Waals surface area contributed by atoms with Gasteiger partial charge in [-0.3, -0.25) is 9.59 Å². The molecule has 2 aliphatic carbocycles. The number of hydrogen-bond donors (Lipinski definition) is 3. The van der Waals surface area contributed by atoms with Gasteiger partial charge in [-0.05, 0) is 75.5 Å². The topological polar surface area (TPSA) is 118 Å². The van der Waals surface area contributed by atoms with Crippen molar-refractivity contribution in [1.29, 1.82) is 0 Å². The maximum Gasteiger partial charge on any atom is 0.255 e. The Morgan fingerprint density at radius 3 is 2.47 bits per heavy atom. The molecule has 2 aromatic heterocycles. The Morgan fingerprint density at radius 2 is 1.79 bits per heavy atom. The molecule has 0 unspecified atom stereocenters. The normalized spacial score (nSPS) is 19.3. The Balaban J connectivity index is 1.35. The van der Waals surface area contributed by atoms with Crippen molar-refractivity contribution in [2.24, 2.45) is 5.92 Å². The number of hydrogen-bond acceptors (Lipinski definition) is 6. The summed E-state index contributed by atoms with van der Waals surface area (Å²) in [5, 5.41) is 6.20. The van der Waals surface area contributed by atoms with Crippen molar-refractivity contribution >= 4 is 22.8 Å². The van der Waals surface area contributed by atoms with E-state index in [0.717, 1.165) is 60.3 Å². The molecule has 9 nitrogen and oxygen atoms in total. The molecule has 0 radical (unpaired) electrons. The van der Waals surface area contributed by atoms with Crippen molar-refractivity contribution in [3.8, 4) is 17.0 Å². The fraction of sp³-hybridized carbons (Fsp3) is 0.517. The molecule has 3 N–H and O–H groups in total. The highest BCUT2D eigenvalue weighted by Crippen LogP contribution is 2.37. The van der Waals surface area contributed by atoms with Crippen molar-refractivity contribution < 1.29 is 19.1 Å². The van der Waals surface area contributed by atoms with E-state index < -0.39 is 0 Å². The van der Waals surface area contributed by atoms with Gasteiger partial charge in [0.2, 0.25) is 5.91 Å². The van der Waals surface area contributed by atoms with E-state index in [1.165, 1.54) is 31.8 Å². The molecule has 9 heteroatoms. The summed E-state index contributed by atoms with van der Waals surface area (Å²) in [5.41, 5.74) is 5.51. The number of methoxy groups -OCH3 is 1. The summed E-state index contributed by atoms with van der Waals surface area (Å²) in [6.45, 7) is 4.80. The first-order valence-electron chi connectivity index (χ1n) is 13.6. The van der Waals surface area contributed by atoms with Crippen LogP contribution in [0.15, 0.2) is 24.5 Å². The van der Waals surface area contributed by atoms with E-state index >= 15 is 0 Å². The summed E-state index contributed by atoms with van der Waals surface area (Å²) in [4.78, 5) is 37.8. The van der Waals surface area contributed by atoms with E-state index in [-0.39, 0.29) is 30.5 Å². The minimum absolute atomic E-state index is 0.0485. The highest BCUT2D eigenvalue weighted by molar-refractivity contribution is 6.09. The lowest BCUT2D eigenvalue weighted by atomic mass is 9.91. The first-order chi connectivity index (χ1) is 18.5. The Bertz CT molecular complexity index is 1310. The molecule has 0 bridgehead atoms. The summed E-state index contributed by atoms with van der Waals surface area (Å²) in [7, 11) is 1.51. The van der Waals surface area contributed by atoms with Crippen LogP contribution in [0.5, 0.6) is 5.75 Å². The molecule has 3 aromatic rings. The molecule has 2 fully saturated rings. The Morgan fingerprint density at radius 1 is 1.05 bits per heavy atom. The van der Waals surface area contributed by atoms with Gasteiger partial charge in [0, 0.05) is 30.5 Å². The van der Waals surface area contributed by atoms with Gasteiger partial charge < -0.3 is 25.1 Å².